The van der Waals surface area contributed by atoms with E-state index >= 15 is 0 Å². The van der Waals surface area contributed by atoms with E-state index in [0.29, 0.717) is 18.1 Å². The Morgan fingerprint density at radius 3 is 2.29 bits per heavy atom. The van der Waals surface area contributed by atoms with Gasteiger partial charge < -0.3 is 15.1 Å². The monoisotopic (exact) mass is 363 g/mol. The van der Waals surface area contributed by atoms with Crippen molar-refractivity contribution in [3.8, 4) is 0 Å². The normalized spacial score (nSPS) is 14.6. The molecule has 24 heavy (non-hydrogen) atoms. The maximum atomic E-state index is 12.4. The molecule has 1 aliphatic rings. The molecule has 0 aromatic heterocycles. The molecule has 0 aliphatic carbocycles. The van der Waals surface area contributed by atoms with Crippen LogP contribution in [0.15, 0.2) is 42.5 Å². The van der Waals surface area contributed by atoms with E-state index in [1.165, 1.54) is 0 Å². The molecule has 126 valence electrons. The molecule has 1 saturated heterocycles. The summed E-state index contributed by atoms with van der Waals surface area (Å²) in [5, 5.41) is 4.29. The van der Waals surface area contributed by atoms with Crippen molar-refractivity contribution in [3.63, 3.8) is 0 Å². The quantitative estimate of drug-likeness (QED) is 0.842. The van der Waals surface area contributed by atoms with Gasteiger partial charge in [0.25, 0.3) is 0 Å². The van der Waals surface area contributed by atoms with Crippen LogP contribution in [0.5, 0.6) is 0 Å². The molecule has 1 heterocycles. The minimum Gasteiger partial charge on any atom is -0.368 e. The number of nitrogens with zero attached hydrogens (tertiary/aromatic N) is 2. The Morgan fingerprint density at radius 1 is 1.00 bits per heavy atom. The number of anilines is 2. The highest BCUT2D eigenvalue weighted by atomic mass is 35.5. The van der Waals surface area contributed by atoms with Crippen molar-refractivity contribution in [2.45, 2.75) is 6.92 Å². The molecular weight excluding hydrogens is 345 g/mol. The molecule has 1 N–H and O–H groups in total. The Kier molecular flexibility index (Phi) is 5.17. The van der Waals surface area contributed by atoms with Gasteiger partial charge in [-0.15, -0.1) is 0 Å². The van der Waals surface area contributed by atoms with Crippen LogP contribution in [0.3, 0.4) is 0 Å². The van der Waals surface area contributed by atoms with Gasteiger partial charge in [-0.3, -0.25) is 0 Å². The second-order valence-corrected chi connectivity index (χ2v) is 6.69. The highest BCUT2D eigenvalue weighted by Crippen LogP contribution is 2.22. The number of benzene rings is 2. The molecule has 0 radical (unpaired) electrons. The lowest BCUT2D eigenvalue weighted by Crippen LogP contribution is -2.50. The van der Waals surface area contributed by atoms with Crippen LogP contribution in [0.25, 0.3) is 0 Å². The summed E-state index contributed by atoms with van der Waals surface area (Å²) >= 11 is 12.0. The molecule has 0 saturated carbocycles. The van der Waals surface area contributed by atoms with Crippen LogP contribution in [-0.4, -0.2) is 37.1 Å². The summed E-state index contributed by atoms with van der Waals surface area (Å²) in [5.41, 5.74) is 2.84. The molecule has 0 spiro atoms. The van der Waals surface area contributed by atoms with Crippen LogP contribution in [0.2, 0.25) is 10.0 Å². The van der Waals surface area contributed by atoms with E-state index < -0.39 is 0 Å². The van der Waals surface area contributed by atoms with Gasteiger partial charge in [0, 0.05) is 47.6 Å². The average Bonchev–Trinajstić information content (AvgIpc) is 2.59. The number of rotatable bonds is 2. The Balaban J connectivity index is 1.56. The van der Waals surface area contributed by atoms with Crippen molar-refractivity contribution < 1.29 is 4.79 Å². The second-order valence-electron chi connectivity index (χ2n) is 5.84. The van der Waals surface area contributed by atoms with Crippen LogP contribution in [0.4, 0.5) is 16.2 Å². The second kappa shape index (κ2) is 7.32. The van der Waals surface area contributed by atoms with Crippen LogP contribution >= 0.6 is 23.2 Å². The van der Waals surface area contributed by atoms with Crippen LogP contribution in [-0.2, 0) is 0 Å². The van der Waals surface area contributed by atoms with Crippen molar-refractivity contribution in [1.29, 1.82) is 0 Å². The summed E-state index contributed by atoms with van der Waals surface area (Å²) in [7, 11) is 0. The number of hydrogen-bond acceptors (Lipinski definition) is 2. The zero-order chi connectivity index (χ0) is 17.1. The lowest BCUT2D eigenvalue weighted by Gasteiger charge is -2.36. The van der Waals surface area contributed by atoms with Gasteiger partial charge >= 0.3 is 6.03 Å². The Bertz CT molecular complexity index is 726. The highest BCUT2D eigenvalue weighted by Gasteiger charge is 2.21. The van der Waals surface area contributed by atoms with E-state index in [1.807, 2.05) is 48.2 Å². The molecule has 0 atom stereocenters. The number of nitrogens with one attached hydrogen (secondary N) is 1. The first-order chi connectivity index (χ1) is 11.5. The van der Waals surface area contributed by atoms with E-state index in [2.05, 4.69) is 10.2 Å². The first kappa shape index (κ1) is 16.9. The molecule has 1 fully saturated rings. The molecule has 1 aliphatic heterocycles. The molecule has 6 heteroatoms. The summed E-state index contributed by atoms with van der Waals surface area (Å²) in [6.07, 6.45) is 0. The van der Waals surface area contributed by atoms with Gasteiger partial charge in [-0.2, -0.15) is 0 Å². The summed E-state index contributed by atoms with van der Waals surface area (Å²) in [4.78, 5) is 16.5. The van der Waals surface area contributed by atoms with E-state index in [-0.39, 0.29) is 6.03 Å². The van der Waals surface area contributed by atoms with Gasteiger partial charge in [0.1, 0.15) is 0 Å². The van der Waals surface area contributed by atoms with Crippen molar-refractivity contribution in [2.75, 3.05) is 36.4 Å². The van der Waals surface area contributed by atoms with Gasteiger partial charge in [0.15, 0.2) is 0 Å². The van der Waals surface area contributed by atoms with E-state index in [9.17, 15) is 4.79 Å². The van der Waals surface area contributed by atoms with Crippen molar-refractivity contribution in [2.24, 2.45) is 0 Å². The molecule has 4 nitrogen and oxygen atoms in total. The van der Waals surface area contributed by atoms with E-state index in [1.54, 1.807) is 6.07 Å². The number of aryl methyl sites for hydroxylation is 1. The fourth-order valence-electron chi connectivity index (χ4n) is 2.69. The SMILES string of the molecule is Cc1ccc(NC(=O)N2CCN(c3ccc(Cl)cc3)CC2)cc1Cl. The molecule has 2 aromatic rings. The third-order valence-electron chi connectivity index (χ3n) is 4.18. The van der Waals surface area contributed by atoms with Gasteiger partial charge in [-0.1, -0.05) is 29.3 Å². The number of amides is 2. The molecular formula is C18H19Cl2N3O. The summed E-state index contributed by atoms with van der Waals surface area (Å²) < 4.78 is 0. The molecule has 2 amide bonds. The molecule has 0 unspecified atom stereocenters. The first-order valence-electron chi connectivity index (χ1n) is 7.85. The summed E-state index contributed by atoms with van der Waals surface area (Å²) in [6, 6.07) is 13.2. The zero-order valence-electron chi connectivity index (χ0n) is 13.4. The number of piperazine rings is 1. The number of hydrogen-bond donors (Lipinski definition) is 1. The smallest absolute Gasteiger partial charge is 0.321 e. The van der Waals surface area contributed by atoms with Gasteiger partial charge in [-0.25, -0.2) is 4.79 Å². The maximum Gasteiger partial charge on any atom is 0.321 e. The maximum absolute atomic E-state index is 12.4. The van der Waals surface area contributed by atoms with Crippen molar-refractivity contribution in [3.05, 3.63) is 58.1 Å². The lowest BCUT2D eigenvalue weighted by molar-refractivity contribution is 0.208. The number of halogens is 2. The zero-order valence-corrected chi connectivity index (χ0v) is 14.9. The predicted octanol–water partition coefficient (Wildman–Crippen LogP) is 4.66. The van der Waals surface area contributed by atoms with E-state index in [0.717, 1.165) is 35.1 Å². The Morgan fingerprint density at radius 2 is 1.67 bits per heavy atom. The average molecular weight is 364 g/mol. The first-order valence-corrected chi connectivity index (χ1v) is 8.61. The van der Waals surface area contributed by atoms with Gasteiger partial charge in [-0.05, 0) is 48.9 Å². The topological polar surface area (TPSA) is 35.6 Å². The summed E-state index contributed by atoms with van der Waals surface area (Å²) in [5.74, 6) is 0. The molecule has 0 bridgehead atoms. The fraction of sp³-hybridized carbons (Fsp3) is 0.278. The number of carbonyl (C=O) groups is 1. The fourth-order valence-corrected chi connectivity index (χ4v) is 3.00. The third kappa shape index (κ3) is 3.94. The lowest BCUT2D eigenvalue weighted by atomic mass is 10.2. The number of urea groups is 1. The summed E-state index contributed by atoms with van der Waals surface area (Å²) in [6.45, 7) is 4.87. The third-order valence-corrected chi connectivity index (χ3v) is 4.84. The minimum atomic E-state index is -0.0920. The van der Waals surface area contributed by atoms with Crippen LogP contribution in [0.1, 0.15) is 5.56 Å². The Hall–Kier alpha value is -1.91. The highest BCUT2D eigenvalue weighted by molar-refractivity contribution is 6.31. The van der Waals surface area contributed by atoms with Gasteiger partial charge in [0.2, 0.25) is 0 Å². The molecule has 2 aromatic carbocycles. The molecule has 3 rings (SSSR count). The van der Waals surface area contributed by atoms with Crippen molar-refractivity contribution >= 4 is 40.6 Å². The Labute approximate surface area is 152 Å². The van der Waals surface area contributed by atoms with Crippen LogP contribution < -0.4 is 10.2 Å². The van der Waals surface area contributed by atoms with E-state index in [4.69, 9.17) is 23.2 Å². The number of carbonyl (C=O) groups excluding carboxylic acids is 1. The van der Waals surface area contributed by atoms with Crippen LogP contribution in [0, 0.1) is 6.92 Å². The van der Waals surface area contributed by atoms with Crippen molar-refractivity contribution in [1.82, 2.24) is 4.90 Å². The standard InChI is InChI=1S/C18H19Cl2N3O/c1-13-2-5-15(12-17(13)20)21-18(24)23-10-8-22(9-11-23)16-6-3-14(19)4-7-16/h2-7,12H,8-11H2,1H3,(H,21,24). The largest absolute Gasteiger partial charge is 0.368 e. The predicted molar refractivity (Wildman–Crippen MR) is 100 cm³/mol. The minimum absolute atomic E-state index is 0.0920. The van der Waals surface area contributed by atoms with Gasteiger partial charge in [0.05, 0.1) is 0 Å².